The Bertz CT molecular complexity index is 924. The van der Waals surface area contributed by atoms with Crippen LogP contribution in [0.25, 0.3) is 5.57 Å². The lowest BCUT2D eigenvalue weighted by atomic mass is 9.77. The Morgan fingerprint density at radius 1 is 1.30 bits per heavy atom. The summed E-state index contributed by atoms with van der Waals surface area (Å²) in [4.78, 5) is 15.8. The number of pyridine rings is 1. The molecule has 1 aliphatic rings. The molecule has 1 unspecified atom stereocenters. The highest BCUT2D eigenvalue weighted by atomic mass is 19.4. The molecule has 2 N–H and O–H groups in total. The first-order chi connectivity index (χ1) is 12.7. The van der Waals surface area contributed by atoms with Crippen LogP contribution in [0.4, 0.5) is 17.6 Å². The van der Waals surface area contributed by atoms with E-state index in [1.165, 1.54) is 31.2 Å². The number of hydroxylamine groups is 1. The van der Waals surface area contributed by atoms with Crippen molar-refractivity contribution in [1.29, 1.82) is 0 Å². The number of carbonyl (C=O) groups is 1. The molecule has 1 atom stereocenters. The summed E-state index contributed by atoms with van der Waals surface area (Å²) in [5.41, 5.74) is 0.558. The third kappa shape index (κ3) is 3.32. The number of nitrogens with zero attached hydrogens (tertiary/aromatic N) is 1. The Morgan fingerprint density at radius 2 is 2.04 bits per heavy atom. The molecular weight excluding hydrogens is 364 g/mol. The molecule has 1 aliphatic carbocycles. The lowest BCUT2D eigenvalue weighted by molar-refractivity contribution is -0.141. The topological polar surface area (TPSA) is 62.2 Å². The van der Waals surface area contributed by atoms with Crippen LogP contribution >= 0.6 is 0 Å². The summed E-state index contributed by atoms with van der Waals surface area (Å²) in [5, 5.41) is 9.21. The maximum Gasteiger partial charge on any atom is 0.433 e. The van der Waals surface area contributed by atoms with Gasteiger partial charge in [0.15, 0.2) is 0 Å². The van der Waals surface area contributed by atoms with Crippen LogP contribution in [0, 0.1) is 12.7 Å². The SMILES string of the molecule is Cc1c(F)cccc1C1(C(=O)NO)C=C(c2ccnc(C(F)(F)F)c2)CC1. The predicted molar refractivity (Wildman–Crippen MR) is 89.2 cm³/mol. The Hall–Kier alpha value is -2.74. The third-order valence-electron chi connectivity index (χ3n) is 4.89. The maximum atomic E-state index is 14.0. The second-order valence-corrected chi connectivity index (χ2v) is 6.42. The number of carbonyl (C=O) groups excluding carboxylic acids is 1. The van der Waals surface area contributed by atoms with Crippen molar-refractivity contribution in [2.75, 3.05) is 0 Å². The van der Waals surface area contributed by atoms with Crippen molar-refractivity contribution in [2.24, 2.45) is 0 Å². The first kappa shape index (κ1) is 19.0. The normalized spacial score (nSPS) is 19.7. The molecule has 1 heterocycles. The van der Waals surface area contributed by atoms with Gasteiger partial charge in [0.25, 0.3) is 5.91 Å². The van der Waals surface area contributed by atoms with E-state index in [-0.39, 0.29) is 24.0 Å². The Morgan fingerprint density at radius 3 is 2.70 bits per heavy atom. The van der Waals surface area contributed by atoms with Crippen LogP contribution in [-0.4, -0.2) is 16.1 Å². The molecule has 8 heteroatoms. The zero-order chi connectivity index (χ0) is 19.8. The van der Waals surface area contributed by atoms with Crippen molar-refractivity contribution in [3.8, 4) is 0 Å². The first-order valence-corrected chi connectivity index (χ1v) is 8.14. The van der Waals surface area contributed by atoms with E-state index in [1.54, 1.807) is 11.5 Å². The van der Waals surface area contributed by atoms with E-state index in [0.29, 0.717) is 11.1 Å². The average molecular weight is 380 g/mol. The van der Waals surface area contributed by atoms with Crippen molar-refractivity contribution >= 4 is 11.5 Å². The lowest BCUT2D eigenvalue weighted by Crippen LogP contribution is -2.41. The standard InChI is InChI=1S/C19H16F4N2O2/c1-11-14(3-2-4-15(11)20)18(17(26)25-27)7-5-13(10-18)12-6-8-24-16(9-12)19(21,22)23/h2-4,6,8-10,27H,5,7H2,1H3,(H,25,26). The van der Waals surface area contributed by atoms with Crippen LogP contribution < -0.4 is 5.48 Å². The van der Waals surface area contributed by atoms with E-state index in [2.05, 4.69) is 4.98 Å². The molecule has 0 saturated heterocycles. The van der Waals surface area contributed by atoms with Crippen molar-refractivity contribution < 1.29 is 27.6 Å². The van der Waals surface area contributed by atoms with E-state index in [9.17, 15) is 27.6 Å². The molecule has 0 radical (unpaired) electrons. The number of allylic oxidation sites excluding steroid dienone is 1. The molecule has 0 spiro atoms. The average Bonchev–Trinajstić information content (AvgIpc) is 3.09. The molecule has 1 aromatic heterocycles. The highest BCUT2D eigenvalue weighted by Gasteiger charge is 2.43. The Balaban J connectivity index is 2.13. The fraction of sp³-hybridized carbons (Fsp3) is 0.263. The van der Waals surface area contributed by atoms with Crippen LogP contribution in [0.5, 0.6) is 0 Å². The quantitative estimate of drug-likeness (QED) is 0.477. The fourth-order valence-corrected chi connectivity index (χ4v) is 3.49. The molecular formula is C19H16F4N2O2. The molecule has 1 aromatic carbocycles. The summed E-state index contributed by atoms with van der Waals surface area (Å²) < 4.78 is 52.8. The molecule has 2 aromatic rings. The van der Waals surface area contributed by atoms with Crippen molar-refractivity contribution in [1.82, 2.24) is 10.5 Å². The first-order valence-electron chi connectivity index (χ1n) is 8.14. The molecule has 0 saturated carbocycles. The molecule has 27 heavy (non-hydrogen) atoms. The molecule has 0 aliphatic heterocycles. The summed E-state index contributed by atoms with van der Waals surface area (Å²) >= 11 is 0. The van der Waals surface area contributed by atoms with Crippen molar-refractivity contribution in [3.05, 3.63) is 70.8 Å². The number of rotatable bonds is 3. The van der Waals surface area contributed by atoms with Gasteiger partial charge in [-0.3, -0.25) is 15.0 Å². The van der Waals surface area contributed by atoms with E-state index >= 15 is 0 Å². The zero-order valence-corrected chi connectivity index (χ0v) is 14.3. The van der Waals surface area contributed by atoms with Gasteiger partial charge < -0.3 is 0 Å². The fourth-order valence-electron chi connectivity index (χ4n) is 3.49. The largest absolute Gasteiger partial charge is 0.433 e. The van der Waals surface area contributed by atoms with Crippen LogP contribution in [0.2, 0.25) is 0 Å². The smallest absolute Gasteiger partial charge is 0.289 e. The Kier molecular flexibility index (Phi) is 4.77. The summed E-state index contributed by atoms with van der Waals surface area (Å²) in [5.74, 6) is -1.28. The minimum atomic E-state index is -4.59. The van der Waals surface area contributed by atoms with Gasteiger partial charge in [-0.25, -0.2) is 9.87 Å². The highest BCUT2D eigenvalue weighted by molar-refractivity contribution is 5.94. The van der Waals surface area contributed by atoms with E-state index in [4.69, 9.17) is 0 Å². The zero-order valence-electron chi connectivity index (χ0n) is 14.3. The number of benzene rings is 1. The maximum absolute atomic E-state index is 14.0. The number of alkyl halides is 3. The van der Waals surface area contributed by atoms with Crippen LogP contribution in [0.15, 0.2) is 42.6 Å². The number of halogens is 4. The number of hydrogen-bond donors (Lipinski definition) is 2. The number of hydrogen-bond acceptors (Lipinski definition) is 3. The van der Waals surface area contributed by atoms with Crippen molar-refractivity contribution in [3.63, 3.8) is 0 Å². The van der Waals surface area contributed by atoms with Gasteiger partial charge in [-0.05, 0) is 60.2 Å². The third-order valence-corrected chi connectivity index (χ3v) is 4.89. The second-order valence-electron chi connectivity index (χ2n) is 6.42. The summed E-state index contributed by atoms with van der Waals surface area (Å²) in [6.45, 7) is 1.51. The van der Waals surface area contributed by atoms with Gasteiger partial charge in [0.2, 0.25) is 0 Å². The molecule has 0 bridgehead atoms. The van der Waals surface area contributed by atoms with Gasteiger partial charge in [0, 0.05) is 6.20 Å². The number of nitrogens with one attached hydrogen (secondary N) is 1. The van der Waals surface area contributed by atoms with Gasteiger partial charge in [0.1, 0.15) is 11.5 Å². The van der Waals surface area contributed by atoms with Gasteiger partial charge in [0.05, 0.1) is 5.41 Å². The monoisotopic (exact) mass is 380 g/mol. The van der Waals surface area contributed by atoms with Crippen LogP contribution in [-0.2, 0) is 16.4 Å². The second kappa shape index (κ2) is 6.77. The summed E-state index contributed by atoms with van der Waals surface area (Å²) in [7, 11) is 0. The number of aromatic nitrogens is 1. The van der Waals surface area contributed by atoms with Gasteiger partial charge in [-0.15, -0.1) is 0 Å². The van der Waals surface area contributed by atoms with Gasteiger partial charge in [-0.1, -0.05) is 18.2 Å². The molecule has 4 nitrogen and oxygen atoms in total. The van der Waals surface area contributed by atoms with E-state index in [0.717, 1.165) is 12.3 Å². The van der Waals surface area contributed by atoms with Gasteiger partial charge in [-0.2, -0.15) is 13.2 Å². The summed E-state index contributed by atoms with van der Waals surface area (Å²) in [6.07, 6.45) is -1.57. The van der Waals surface area contributed by atoms with Gasteiger partial charge >= 0.3 is 6.18 Å². The Labute approximate surface area is 152 Å². The minimum Gasteiger partial charge on any atom is -0.289 e. The van der Waals surface area contributed by atoms with E-state index in [1.807, 2.05) is 0 Å². The molecule has 0 fully saturated rings. The van der Waals surface area contributed by atoms with Crippen LogP contribution in [0.1, 0.15) is 35.2 Å². The lowest BCUT2D eigenvalue weighted by Gasteiger charge is -2.27. The summed E-state index contributed by atoms with van der Waals surface area (Å²) in [6, 6.07) is 6.61. The van der Waals surface area contributed by atoms with Crippen LogP contribution in [0.3, 0.4) is 0 Å². The predicted octanol–water partition coefficient (Wildman–Crippen LogP) is 4.17. The highest BCUT2D eigenvalue weighted by Crippen LogP contribution is 2.45. The number of amides is 1. The van der Waals surface area contributed by atoms with E-state index < -0.39 is 29.0 Å². The molecule has 1 amide bonds. The molecule has 3 rings (SSSR count). The minimum absolute atomic E-state index is 0.183. The van der Waals surface area contributed by atoms with Crippen molar-refractivity contribution in [2.45, 2.75) is 31.4 Å². The molecule has 142 valence electrons.